The maximum absolute atomic E-state index is 11.5. The van der Waals surface area contributed by atoms with Gasteiger partial charge in [-0.3, -0.25) is 4.79 Å². The van der Waals surface area contributed by atoms with Crippen molar-refractivity contribution in [1.82, 2.24) is 0 Å². The van der Waals surface area contributed by atoms with Gasteiger partial charge in [-0.25, -0.2) is 0 Å². The number of hydrogen-bond acceptors (Lipinski definition) is 3. The van der Waals surface area contributed by atoms with Gasteiger partial charge in [-0.05, 0) is 23.9 Å². The number of ketones is 1. The molecule has 2 heterocycles. The van der Waals surface area contributed by atoms with E-state index in [1.807, 2.05) is 13.0 Å². The Labute approximate surface area is 85.0 Å². The van der Waals surface area contributed by atoms with Gasteiger partial charge >= 0.3 is 0 Å². The highest BCUT2D eigenvalue weighted by molar-refractivity contribution is 7.27. The summed E-state index contributed by atoms with van der Waals surface area (Å²) in [6.07, 6.45) is 1.61. The molecule has 0 saturated heterocycles. The van der Waals surface area contributed by atoms with E-state index in [0.29, 0.717) is 6.42 Å². The van der Waals surface area contributed by atoms with Crippen molar-refractivity contribution >= 4 is 37.9 Å². The van der Waals surface area contributed by atoms with E-state index in [9.17, 15) is 4.79 Å². The molecule has 68 valence electrons. The SMILES string of the molecule is CCCC(=O)c1cc2sccc2s1. The van der Waals surface area contributed by atoms with E-state index in [0.717, 1.165) is 11.3 Å². The second-order valence-electron chi connectivity index (χ2n) is 2.93. The van der Waals surface area contributed by atoms with Crippen LogP contribution in [0, 0.1) is 0 Å². The minimum Gasteiger partial charge on any atom is -0.293 e. The Kier molecular flexibility index (Phi) is 2.47. The Balaban J connectivity index is 2.34. The van der Waals surface area contributed by atoms with E-state index >= 15 is 0 Å². The molecule has 0 fully saturated rings. The topological polar surface area (TPSA) is 17.1 Å². The second-order valence-corrected chi connectivity index (χ2v) is 4.96. The summed E-state index contributed by atoms with van der Waals surface area (Å²) in [5.74, 6) is 0.288. The molecule has 0 amide bonds. The van der Waals surface area contributed by atoms with Crippen LogP contribution < -0.4 is 0 Å². The van der Waals surface area contributed by atoms with Gasteiger partial charge in [0.25, 0.3) is 0 Å². The smallest absolute Gasteiger partial charge is 0.172 e. The Morgan fingerprint density at radius 2 is 2.31 bits per heavy atom. The van der Waals surface area contributed by atoms with Gasteiger partial charge in [0.15, 0.2) is 5.78 Å². The lowest BCUT2D eigenvalue weighted by atomic mass is 10.2. The molecular weight excluding hydrogens is 200 g/mol. The molecule has 0 N–H and O–H groups in total. The Morgan fingerprint density at radius 1 is 1.46 bits per heavy atom. The van der Waals surface area contributed by atoms with Crippen LogP contribution in [-0.2, 0) is 0 Å². The molecule has 13 heavy (non-hydrogen) atoms. The van der Waals surface area contributed by atoms with Crippen molar-refractivity contribution in [2.75, 3.05) is 0 Å². The fourth-order valence-corrected chi connectivity index (χ4v) is 3.33. The van der Waals surface area contributed by atoms with Crippen LogP contribution >= 0.6 is 22.7 Å². The lowest BCUT2D eigenvalue weighted by molar-refractivity contribution is 0.0986. The van der Waals surface area contributed by atoms with Gasteiger partial charge < -0.3 is 0 Å². The van der Waals surface area contributed by atoms with Gasteiger partial charge in [-0.2, -0.15) is 0 Å². The summed E-state index contributed by atoms with van der Waals surface area (Å²) in [5.41, 5.74) is 0. The van der Waals surface area contributed by atoms with Gasteiger partial charge in [0.05, 0.1) is 4.88 Å². The summed E-state index contributed by atoms with van der Waals surface area (Å²) < 4.78 is 2.48. The third-order valence-corrected chi connectivity index (χ3v) is 4.03. The minimum absolute atomic E-state index is 0.288. The number of rotatable bonds is 3. The van der Waals surface area contributed by atoms with Crippen molar-refractivity contribution in [2.45, 2.75) is 19.8 Å². The molecule has 0 bridgehead atoms. The van der Waals surface area contributed by atoms with Crippen LogP contribution in [-0.4, -0.2) is 5.78 Å². The molecule has 0 radical (unpaired) electrons. The number of carbonyl (C=O) groups excluding carboxylic acids is 1. The van der Waals surface area contributed by atoms with Crippen LogP contribution in [0.2, 0.25) is 0 Å². The molecule has 3 heteroatoms. The normalized spacial score (nSPS) is 10.8. The number of fused-ring (bicyclic) bond motifs is 1. The van der Waals surface area contributed by atoms with Crippen LogP contribution in [0.1, 0.15) is 29.4 Å². The van der Waals surface area contributed by atoms with Crippen molar-refractivity contribution < 1.29 is 4.79 Å². The summed E-state index contributed by atoms with van der Waals surface area (Å²) in [6.45, 7) is 2.04. The lowest BCUT2D eigenvalue weighted by Gasteiger charge is -1.91. The van der Waals surface area contributed by atoms with Gasteiger partial charge in [0.2, 0.25) is 0 Å². The highest BCUT2D eigenvalue weighted by atomic mass is 32.1. The third kappa shape index (κ3) is 1.67. The molecule has 0 unspecified atom stereocenters. The maximum atomic E-state index is 11.5. The predicted molar refractivity (Wildman–Crippen MR) is 58.9 cm³/mol. The molecule has 0 aliphatic heterocycles. The maximum Gasteiger partial charge on any atom is 0.172 e. The van der Waals surface area contributed by atoms with Crippen LogP contribution in [0.25, 0.3) is 9.40 Å². The van der Waals surface area contributed by atoms with Crippen LogP contribution in [0.5, 0.6) is 0 Å². The highest BCUT2D eigenvalue weighted by Gasteiger charge is 2.09. The molecule has 2 aromatic heterocycles. The predicted octanol–water partition coefficient (Wildman–Crippen LogP) is 3.95. The zero-order valence-corrected chi connectivity index (χ0v) is 9.00. The van der Waals surface area contributed by atoms with Crippen molar-refractivity contribution in [3.05, 3.63) is 22.4 Å². The van der Waals surface area contributed by atoms with Gasteiger partial charge in [-0.15, -0.1) is 22.7 Å². The summed E-state index contributed by atoms with van der Waals surface area (Å²) in [5, 5.41) is 2.06. The number of carbonyl (C=O) groups is 1. The fourth-order valence-electron chi connectivity index (χ4n) is 1.25. The molecule has 0 aromatic carbocycles. The highest BCUT2D eigenvalue weighted by Crippen LogP contribution is 2.30. The van der Waals surface area contributed by atoms with E-state index < -0.39 is 0 Å². The van der Waals surface area contributed by atoms with Crippen LogP contribution in [0.3, 0.4) is 0 Å². The summed E-state index contributed by atoms with van der Waals surface area (Å²) in [6, 6.07) is 4.09. The minimum atomic E-state index is 0.288. The van der Waals surface area contributed by atoms with Gasteiger partial charge in [0, 0.05) is 15.8 Å². The summed E-state index contributed by atoms with van der Waals surface area (Å²) >= 11 is 3.31. The Hall–Kier alpha value is -0.670. The standard InChI is InChI=1S/C10H10OS2/c1-2-3-7(11)9-6-10-8(13-9)4-5-12-10/h4-6H,2-3H2,1H3. The second kappa shape index (κ2) is 3.60. The molecule has 0 saturated carbocycles. The fraction of sp³-hybridized carbons (Fsp3) is 0.300. The molecule has 2 aromatic rings. The Bertz CT molecular complexity index is 396. The number of hydrogen-bond donors (Lipinski definition) is 0. The first-order valence-corrected chi connectivity index (χ1v) is 6.01. The van der Waals surface area contributed by atoms with E-state index in [2.05, 4.69) is 11.4 Å². The van der Waals surface area contributed by atoms with E-state index in [-0.39, 0.29) is 5.78 Å². The summed E-state index contributed by atoms with van der Waals surface area (Å²) in [4.78, 5) is 12.4. The monoisotopic (exact) mass is 210 g/mol. The molecule has 0 aliphatic rings. The first-order valence-electron chi connectivity index (χ1n) is 4.31. The number of thiophene rings is 2. The molecule has 2 rings (SSSR count). The van der Waals surface area contributed by atoms with E-state index in [4.69, 9.17) is 0 Å². The van der Waals surface area contributed by atoms with Crippen molar-refractivity contribution in [2.24, 2.45) is 0 Å². The van der Waals surface area contributed by atoms with Crippen LogP contribution in [0.15, 0.2) is 17.5 Å². The van der Waals surface area contributed by atoms with Crippen LogP contribution in [0.4, 0.5) is 0 Å². The molecule has 1 nitrogen and oxygen atoms in total. The first-order chi connectivity index (χ1) is 6.31. The molecular formula is C10H10OS2. The average Bonchev–Trinajstić information content (AvgIpc) is 2.61. The van der Waals surface area contributed by atoms with E-state index in [1.54, 1.807) is 22.7 Å². The quantitative estimate of drug-likeness (QED) is 0.701. The molecule has 0 aliphatic carbocycles. The third-order valence-electron chi connectivity index (χ3n) is 1.89. The van der Waals surface area contributed by atoms with Gasteiger partial charge in [-0.1, -0.05) is 6.92 Å². The van der Waals surface area contributed by atoms with Crippen molar-refractivity contribution in [1.29, 1.82) is 0 Å². The van der Waals surface area contributed by atoms with Crippen molar-refractivity contribution in [3.8, 4) is 0 Å². The largest absolute Gasteiger partial charge is 0.293 e. The van der Waals surface area contributed by atoms with Crippen molar-refractivity contribution in [3.63, 3.8) is 0 Å². The Morgan fingerprint density at radius 3 is 3.00 bits per heavy atom. The zero-order chi connectivity index (χ0) is 9.26. The van der Waals surface area contributed by atoms with E-state index in [1.165, 1.54) is 9.40 Å². The molecule has 0 atom stereocenters. The first kappa shape index (κ1) is 8.91. The number of Topliss-reactive ketones (excluding diaryl/α,β-unsaturated/α-hetero) is 1. The zero-order valence-electron chi connectivity index (χ0n) is 7.37. The van der Waals surface area contributed by atoms with Gasteiger partial charge in [0.1, 0.15) is 0 Å². The molecule has 0 spiro atoms. The lowest BCUT2D eigenvalue weighted by Crippen LogP contribution is -1.93. The summed E-state index contributed by atoms with van der Waals surface area (Å²) in [7, 11) is 0. The average molecular weight is 210 g/mol.